The van der Waals surface area contributed by atoms with Gasteiger partial charge in [-0.1, -0.05) is 31.9 Å². The summed E-state index contributed by atoms with van der Waals surface area (Å²) >= 11 is 0. The maximum absolute atomic E-state index is 13.0. The van der Waals surface area contributed by atoms with Crippen LogP contribution in [0.25, 0.3) is 6.08 Å². The van der Waals surface area contributed by atoms with Gasteiger partial charge in [0.05, 0.1) is 0 Å². The van der Waals surface area contributed by atoms with Crippen molar-refractivity contribution >= 4 is 18.0 Å². The fourth-order valence-electron chi connectivity index (χ4n) is 2.74. The predicted octanol–water partition coefficient (Wildman–Crippen LogP) is 3.08. The Bertz CT molecular complexity index is 585. The zero-order chi connectivity index (χ0) is 16.7. The van der Waals surface area contributed by atoms with Crippen molar-refractivity contribution in [1.29, 1.82) is 0 Å². The Hall–Kier alpha value is -2.17. The molecule has 1 amide bonds. The first-order valence-corrected chi connectivity index (χ1v) is 7.94. The van der Waals surface area contributed by atoms with Crippen molar-refractivity contribution in [3.05, 3.63) is 41.7 Å². The third kappa shape index (κ3) is 5.85. The van der Waals surface area contributed by atoms with Gasteiger partial charge in [0.15, 0.2) is 6.61 Å². The van der Waals surface area contributed by atoms with E-state index in [9.17, 15) is 14.0 Å². The minimum atomic E-state index is -0.624. The quantitative estimate of drug-likeness (QED) is 0.670. The summed E-state index contributed by atoms with van der Waals surface area (Å²) < 4.78 is 17.9. The Morgan fingerprint density at radius 1 is 1.35 bits per heavy atom. The molecule has 0 spiro atoms. The molecule has 1 aliphatic carbocycles. The maximum atomic E-state index is 13.0. The second-order valence-corrected chi connectivity index (χ2v) is 5.93. The zero-order valence-electron chi connectivity index (χ0n) is 13.3. The van der Waals surface area contributed by atoms with Crippen LogP contribution >= 0.6 is 0 Å². The van der Waals surface area contributed by atoms with Crippen LogP contribution in [0.2, 0.25) is 0 Å². The first-order chi connectivity index (χ1) is 11.0. The highest BCUT2D eigenvalue weighted by atomic mass is 19.1. The summed E-state index contributed by atoms with van der Waals surface area (Å²) in [5, 5.41) is 2.92. The van der Waals surface area contributed by atoms with Crippen molar-refractivity contribution in [2.24, 2.45) is 5.92 Å². The molecule has 1 N–H and O–H groups in total. The summed E-state index contributed by atoms with van der Waals surface area (Å²) in [6.45, 7) is 1.83. The van der Waals surface area contributed by atoms with Crippen LogP contribution in [0.1, 0.15) is 38.2 Å². The molecular weight excluding hydrogens is 297 g/mol. The van der Waals surface area contributed by atoms with Gasteiger partial charge in [-0.3, -0.25) is 4.79 Å². The minimum absolute atomic E-state index is 0.165. The normalized spacial score (nSPS) is 21.1. The molecule has 0 radical (unpaired) electrons. The van der Waals surface area contributed by atoms with Gasteiger partial charge in [0.25, 0.3) is 5.91 Å². The molecule has 0 heterocycles. The molecule has 2 atom stereocenters. The molecule has 0 bridgehead atoms. The highest BCUT2D eigenvalue weighted by Crippen LogP contribution is 2.23. The van der Waals surface area contributed by atoms with Crippen molar-refractivity contribution < 1.29 is 18.7 Å². The van der Waals surface area contributed by atoms with E-state index in [1.807, 2.05) is 0 Å². The molecule has 0 aliphatic heterocycles. The summed E-state index contributed by atoms with van der Waals surface area (Å²) in [5.74, 6) is -0.824. The van der Waals surface area contributed by atoms with Crippen LogP contribution in [0.4, 0.5) is 4.39 Å². The first kappa shape index (κ1) is 17.2. The fourth-order valence-corrected chi connectivity index (χ4v) is 2.74. The van der Waals surface area contributed by atoms with Gasteiger partial charge in [-0.15, -0.1) is 0 Å². The zero-order valence-corrected chi connectivity index (χ0v) is 13.3. The van der Waals surface area contributed by atoms with Gasteiger partial charge in [0.1, 0.15) is 5.82 Å². The van der Waals surface area contributed by atoms with Crippen molar-refractivity contribution in [3.63, 3.8) is 0 Å². The molecule has 23 heavy (non-hydrogen) atoms. The molecule has 1 aromatic carbocycles. The number of ether oxygens (including phenoxy) is 1. The van der Waals surface area contributed by atoms with Crippen LogP contribution in [0.5, 0.6) is 0 Å². The summed E-state index contributed by atoms with van der Waals surface area (Å²) in [7, 11) is 0. The van der Waals surface area contributed by atoms with Gasteiger partial charge in [-0.05, 0) is 42.5 Å². The van der Waals surface area contributed by atoms with Crippen molar-refractivity contribution in [1.82, 2.24) is 5.32 Å². The van der Waals surface area contributed by atoms with Crippen LogP contribution in [0, 0.1) is 11.7 Å². The molecule has 1 fully saturated rings. The number of amides is 1. The largest absolute Gasteiger partial charge is 0.452 e. The number of hydrogen-bond donors (Lipinski definition) is 1. The highest BCUT2D eigenvalue weighted by molar-refractivity contribution is 5.89. The molecule has 0 saturated heterocycles. The number of carbonyl (C=O) groups excluding carboxylic acids is 2. The molecule has 5 heteroatoms. The number of benzene rings is 1. The Labute approximate surface area is 135 Å². The van der Waals surface area contributed by atoms with Crippen LogP contribution in [-0.2, 0) is 14.3 Å². The molecule has 1 aromatic rings. The van der Waals surface area contributed by atoms with E-state index in [0.29, 0.717) is 11.5 Å². The van der Waals surface area contributed by atoms with Crippen LogP contribution < -0.4 is 5.32 Å². The number of halogens is 1. The van der Waals surface area contributed by atoms with E-state index in [1.165, 1.54) is 30.7 Å². The Balaban J connectivity index is 1.74. The summed E-state index contributed by atoms with van der Waals surface area (Å²) in [4.78, 5) is 23.4. The topological polar surface area (TPSA) is 55.4 Å². The van der Waals surface area contributed by atoms with Gasteiger partial charge in [-0.2, -0.15) is 0 Å². The second-order valence-electron chi connectivity index (χ2n) is 5.93. The third-order valence-corrected chi connectivity index (χ3v) is 4.06. The Kier molecular flexibility index (Phi) is 6.32. The molecule has 1 aliphatic rings. The monoisotopic (exact) mass is 319 g/mol. The van der Waals surface area contributed by atoms with E-state index in [2.05, 4.69) is 12.2 Å². The highest BCUT2D eigenvalue weighted by Gasteiger charge is 2.22. The molecule has 124 valence electrons. The summed E-state index contributed by atoms with van der Waals surface area (Å²) in [6, 6.07) is 6.02. The number of esters is 1. The molecular formula is C18H22FNO3. The smallest absolute Gasteiger partial charge is 0.331 e. The van der Waals surface area contributed by atoms with Gasteiger partial charge in [0, 0.05) is 12.1 Å². The second kappa shape index (κ2) is 8.46. The van der Waals surface area contributed by atoms with Crippen LogP contribution in [-0.4, -0.2) is 24.5 Å². The summed E-state index contributed by atoms with van der Waals surface area (Å²) in [6.07, 6.45) is 7.04. The third-order valence-electron chi connectivity index (χ3n) is 4.06. The van der Waals surface area contributed by atoms with E-state index in [4.69, 9.17) is 4.74 Å². The fraction of sp³-hybridized carbons (Fsp3) is 0.444. The van der Waals surface area contributed by atoms with Crippen LogP contribution in [0.15, 0.2) is 30.3 Å². The predicted molar refractivity (Wildman–Crippen MR) is 86.0 cm³/mol. The maximum Gasteiger partial charge on any atom is 0.331 e. The molecule has 0 unspecified atom stereocenters. The number of hydrogen-bond acceptors (Lipinski definition) is 3. The number of nitrogens with one attached hydrogen (secondary N) is 1. The summed E-state index contributed by atoms with van der Waals surface area (Å²) in [5.41, 5.74) is 0.558. The van der Waals surface area contributed by atoms with Gasteiger partial charge in [-0.25, -0.2) is 9.18 Å². The molecule has 0 aromatic heterocycles. The lowest BCUT2D eigenvalue weighted by atomic mass is 9.86. The van der Waals surface area contributed by atoms with E-state index in [-0.39, 0.29) is 24.4 Å². The average molecular weight is 319 g/mol. The molecule has 2 rings (SSSR count). The number of carbonyl (C=O) groups is 2. The lowest BCUT2D eigenvalue weighted by Gasteiger charge is -2.29. The minimum Gasteiger partial charge on any atom is -0.452 e. The van der Waals surface area contributed by atoms with Crippen molar-refractivity contribution in [2.75, 3.05) is 6.61 Å². The Morgan fingerprint density at radius 2 is 2.13 bits per heavy atom. The van der Waals surface area contributed by atoms with Crippen LogP contribution in [0.3, 0.4) is 0 Å². The van der Waals surface area contributed by atoms with Gasteiger partial charge in [0.2, 0.25) is 0 Å². The first-order valence-electron chi connectivity index (χ1n) is 7.94. The lowest BCUT2D eigenvalue weighted by Crippen LogP contribution is -2.42. The van der Waals surface area contributed by atoms with E-state index < -0.39 is 5.97 Å². The molecule has 1 saturated carbocycles. The van der Waals surface area contributed by atoms with Gasteiger partial charge < -0.3 is 10.1 Å². The average Bonchev–Trinajstić information content (AvgIpc) is 2.53. The number of rotatable bonds is 5. The van der Waals surface area contributed by atoms with Crippen molar-refractivity contribution in [2.45, 2.75) is 38.6 Å². The van der Waals surface area contributed by atoms with E-state index >= 15 is 0 Å². The van der Waals surface area contributed by atoms with E-state index in [1.54, 1.807) is 12.1 Å². The SMILES string of the molecule is C[C@H]1CCCC[C@@H]1NC(=O)COC(=O)/C=C/c1cccc(F)c1. The van der Waals surface area contributed by atoms with Crippen molar-refractivity contribution in [3.8, 4) is 0 Å². The molecule has 4 nitrogen and oxygen atoms in total. The van der Waals surface area contributed by atoms with E-state index in [0.717, 1.165) is 19.3 Å². The Morgan fingerprint density at radius 3 is 2.87 bits per heavy atom. The van der Waals surface area contributed by atoms with Gasteiger partial charge >= 0.3 is 5.97 Å². The standard InChI is InChI=1S/C18H22FNO3/c1-13-5-2-3-8-16(13)20-17(21)12-23-18(22)10-9-14-6-4-7-15(19)11-14/h4,6-7,9-11,13,16H,2-3,5,8,12H2,1H3,(H,20,21)/b10-9+/t13-,16-/m0/s1. The lowest BCUT2D eigenvalue weighted by molar-refractivity contribution is -0.144.